The molecule has 152 valence electrons. The molecular formula is C22H27N5O2. The number of likely N-dealkylation sites (N-methyl/N-ethyl adjacent to an activating group) is 1. The molecule has 2 aromatic heterocycles. The number of carbonyl (C=O) groups excluding carboxylic acids is 1. The molecule has 7 heteroatoms. The van der Waals surface area contributed by atoms with Gasteiger partial charge in [-0.3, -0.25) is 9.20 Å². The Bertz CT molecular complexity index is 1080. The number of rotatable bonds is 5. The number of nitrogens with one attached hydrogen (secondary N) is 1. The summed E-state index contributed by atoms with van der Waals surface area (Å²) in [5.41, 5.74) is 3.64. The topological polar surface area (TPSA) is 71.6 Å². The molecule has 1 aromatic carbocycles. The Hall–Kier alpha value is -2.93. The number of likely N-dealkylation sites (tertiary alicyclic amines) is 1. The van der Waals surface area contributed by atoms with Crippen LogP contribution in [0.15, 0.2) is 47.4 Å². The van der Waals surface area contributed by atoms with Crippen molar-refractivity contribution in [3.8, 4) is 0 Å². The van der Waals surface area contributed by atoms with Crippen molar-refractivity contribution >= 4 is 11.6 Å². The molecule has 3 aromatic rings. The van der Waals surface area contributed by atoms with Gasteiger partial charge in [-0.15, -0.1) is 5.10 Å². The third-order valence-corrected chi connectivity index (χ3v) is 5.72. The first kappa shape index (κ1) is 19.4. The van der Waals surface area contributed by atoms with Crippen molar-refractivity contribution in [1.29, 1.82) is 0 Å². The fourth-order valence-electron chi connectivity index (χ4n) is 4.03. The summed E-state index contributed by atoms with van der Waals surface area (Å²) in [5, 5.41) is 7.46. The summed E-state index contributed by atoms with van der Waals surface area (Å²) in [7, 11) is 2.10. The normalized spacial score (nSPS) is 18.2. The van der Waals surface area contributed by atoms with E-state index in [2.05, 4.69) is 22.4 Å². The Morgan fingerprint density at radius 1 is 1.28 bits per heavy atom. The summed E-state index contributed by atoms with van der Waals surface area (Å²) in [5.74, 6) is 0.125. The molecule has 0 saturated carbocycles. The summed E-state index contributed by atoms with van der Waals surface area (Å²) in [6.45, 7) is 5.86. The number of hydrogen-bond acceptors (Lipinski definition) is 4. The maximum atomic E-state index is 12.8. The van der Waals surface area contributed by atoms with Crippen LogP contribution >= 0.6 is 0 Å². The molecule has 1 unspecified atom stereocenters. The fraction of sp³-hybridized carbons (Fsp3) is 0.409. The smallest absolute Gasteiger partial charge is 0.348 e. The second-order valence-corrected chi connectivity index (χ2v) is 8.05. The highest BCUT2D eigenvalue weighted by atomic mass is 16.2. The van der Waals surface area contributed by atoms with E-state index in [1.54, 1.807) is 10.6 Å². The van der Waals surface area contributed by atoms with Crippen LogP contribution in [0, 0.1) is 6.92 Å². The molecule has 3 heterocycles. The van der Waals surface area contributed by atoms with Gasteiger partial charge in [0.15, 0.2) is 5.65 Å². The zero-order chi connectivity index (χ0) is 20.5. The van der Waals surface area contributed by atoms with Gasteiger partial charge in [-0.2, -0.15) is 0 Å². The summed E-state index contributed by atoms with van der Waals surface area (Å²) >= 11 is 0. The van der Waals surface area contributed by atoms with Gasteiger partial charge in [0.25, 0.3) is 0 Å². The predicted molar refractivity (Wildman–Crippen MR) is 112 cm³/mol. The largest absolute Gasteiger partial charge is 0.350 e. The first-order chi connectivity index (χ1) is 13.9. The van der Waals surface area contributed by atoms with Crippen LogP contribution in [0.4, 0.5) is 0 Å². The highest BCUT2D eigenvalue weighted by molar-refractivity contribution is 5.76. The lowest BCUT2D eigenvalue weighted by molar-refractivity contribution is -0.122. The number of fused-ring (bicyclic) bond motifs is 1. The highest BCUT2D eigenvalue weighted by Gasteiger charge is 2.25. The van der Waals surface area contributed by atoms with Crippen molar-refractivity contribution in [3.05, 3.63) is 69.8 Å². The van der Waals surface area contributed by atoms with Gasteiger partial charge in [0.2, 0.25) is 5.91 Å². The lowest BCUT2D eigenvalue weighted by atomic mass is 10.00. The average molecular weight is 393 g/mol. The van der Waals surface area contributed by atoms with E-state index in [9.17, 15) is 9.59 Å². The minimum Gasteiger partial charge on any atom is -0.348 e. The van der Waals surface area contributed by atoms with E-state index in [1.807, 2.05) is 50.2 Å². The van der Waals surface area contributed by atoms with Crippen LogP contribution in [-0.4, -0.2) is 45.1 Å². The molecule has 29 heavy (non-hydrogen) atoms. The molecule has 0 radical (unpaired) electrons. The average Bonchev–Trinajstić information content (AvgIpc) is 3.26. The Morgan fingerprint density at radius 2 is 2.03 bits per heavy atom. The number of carbonyl (C=O) groups is 1. The summed E-state index contributed by atoms with van der Waals surface area (Å²) in [6, 6.07) is 11.8. The van der Waals surface area contributed by atoms with E-state index in [1.165, 1.54) is 10.2 Å². The molecule has 1 amide bonds. The van der Waals surface area contributed by atoms with Crippen molar-refractivity contribution in [2.45, 2.75) is 38.8 Å². The van der Waals surface area contributed by atoms with Gasteiger partial charge in [0.1, 0.15) is 6.54 Å². The van der Waals surface area contributed by atoms with Gasteiger partial charge < -0.3 is 10.2 Å². The molecule has 1 aliphatic rings. The zero-order valence-corrected chi connectivity index (χ0v) is 17.1. The first-order valence-corrected chi connectivity index (χ1v) is 10.0. The monoisotopic (exact) mass is 393 g/mol. The minimum absolute atomic E-state index is 0.0965. The second kappa shape index (κ2) is 7.83. The maximum absolute atomic E-state index is 12.8. The summed E-state index contributed by atoms with van der Waals surface area (Å²) < 4.78 is 2.80. The molecular weight excluding hydrogens is 366 g/mol. The van der Waals surface area contributed by atoms with Gasteiger partial charge >= 0.3 is 5.69 Å². The van der Waals surface area contributed by atoms with Crippen LogP contribution in [-0.2, 0) is 11.3 Å². The van der Waals surface area contributed by atoms with Gasteiger partial charge in [0.05, 0.1) is 6.04 Å². The van der Waals surface area contributed by atoms with E-state index in [-0.39, 0.29) is 24.2 Å². The Kier molecular flexibility index (Phi) is 5.24. The first-order valence-electron chi connectivity index (χ1n) is 10.0. The maximum Gasteiger partial charge on any atom is 0.350 e. The molecule has 0 spiro atoms. The van der Waals surface area contributed by atoms with Crippen molar-refractivity contribution in [2.75, 3.05) is 20.1 Å². The molecule has 2 atom stereocenters. The highest BCUT2D eigenvalue weighted by Crippen LogP contribution is 2.28. The Balaban J connectivity index is 1.53. The zero-order valence-electron chi connectivity index (χ0n) is 17.1. The quantitative estimate of drug-likeness (QED) is 0.721. The van der Waals surface area contributed by atoms with Crippen LogP contribution in [0.25, 0.3) is 5.65 Å². The van der Waals surface area contributed by atoms with Gasteiger partial charge in [0, 0.05) is 24.2 Å². The summed E-state index contributed by atoms with van der Waals surface area (Å²) in [4.78, 5) is 27.6. The third kappa shape index (κ3) is 3.96. The number of aryl methyl sites for hydroxylation is 1. The van der Waals surface area contributed by atoms with E-state index >= 15 is 0 Å². The SMILES string of the molecule is Cc1ccc([C@H](C)NC(=O)Cn2nc3c(C4CCN(C)C4)cccn3c2=O)cc1. The van der Waals surface area contributed by atoms with E-state index in [0.717, 1.165) is 30.6 Å². The lowest BCUT2D eigenvalue weighted by Gasteiger charge is -2.14. The van der Waals surface area contributed by atoms with Gasteiger partial charge in [-0.25, -0.2) is 9.48 Å². The molecule has 0 aliphatic carbocycles. The predicted octanol–water partition coefficient (Wildman–Crippen LogP) is 2.10. The Morgan fingerprint density at radius 3 is 2.72 bits per heavy atom. The van der Waals surface area contributed by atoms with E-state index in [0.29, 0.717) is 11.6 Å². The number of hydrogen-bond donors (Lipinski definition) is 1. The van der Waals surface area contributed by atoms with Crippen LogP contribution in [0.2, 0.25) is 0 Å². The van der Waals surface area contributed by atoms with E-state index < -0.39 is 0 Å². The van der Waals surface area contributed by atoms with E-state index in [4.69, 9.17) is 0 Å². The number of aromatic nitrogens is 3. The molecule has 1 aliphatic heterocycles. The Labute approximate surface area is 170 Å². The molecule has 4 rings (SSSR count). The lowest BCUT2D eigenvalue weighted by Crippen LogP contribution is -2.34. The second-order valence-electron chi connectivity index (χ2n) is 8.05. The standard InChI is InChI=1S/C22H27N5O2/c1-15-6-8-17(9-7-15)16(2)23-20(28)14-27-22(29)26-11-4-5-19(21(26)24-27)18-10-12-25(3)13-18/h4-9,11,16,18H,10,12-14H2,1-3H3,(H,23,28)/t16-,18?/m0/s1. The molecule has 7 nitrogen and oxygen atoms in total. The van der Waals surface area contributed by atoms with Gasteiger partial charge in [-0.05, 0) is 45.5 Å². The molecule has 1 fully saturated rings. The van der Waals surface area contributed by atoms with Crippen molar-refractivity contribution in [2.24, 2.45) is 0 Å². The molecule has 0 bridgehead atoms. The van der Waals surface area contributed by atoms with Crippen LogP contribution in [0.5, 0.6) is 0 Å². The van der Waals surface area contributed by atoms with Crippen molar-refractivity contribution in [3.63, 3.8) is 0 Å². The van der Waals surface area contributed by atoms with Crippen LogP contribution in [0.3, 0.4) is 0 Å². The van der Waals surface area contributed by atoms with Crippen LogP contribution in [0.1, 0.15) is 42.0 Å². The van der Waals surface area contributed by atoms with Crippen LogP contribution < -0.4 is 11.0 Å². The number of amides is 1. The fourth-order valence-corrected chi connectivity index (χ4v) is 4.03. The van der Waals surface area contributed by atoms with Crippen molar-refractivity contribution < 1.29 is 4.79 Å². The van der Waals surface area contributed by atoms with Gasteiger partial charge in [-0.1, -0.05) is 35.9 Å². The van der Waals surface area contributed by atoms with Crippen molar-refractivity contribution in [1.82, 2.24) is 24.4 Å². The minimum atomic E-state index is -0.286. The molecule has 1 saturated heterocycles. The summed E-state index contributed by atoms with van der Waals surface area (Å²) in [6.07, 6.45) is 2.77. The number of nitrogens with zero attached hydrogens (tertiary/aromatic N) is 4. The number of pyridine rings is 1. The third-order valence-electron chi connectivity index (χ3n) is 5.72. The molecule has 1 N–H and O–H groups in total. The number of benzene rings is 1.